The van der Waals surface area contributed by atoms with Crippen molar-refractivity contribution in [2.45, 2.75) is 25.6 Å². The van der Waals surface area contributed by atoms with Crippen molar-refractivity contribution in [3.8, 4) is 5.75 Å². The second-order valence-corrected chi connectivity index (χ2v) is 3.75. The van der Waals surface area contributed by atoms with E-state index in [9.17, 15) is 5.11 Å². The van der Waals surface area contributed by atoms with Gasteiger partial charge in [-0.1, -0.05) is 6.07 Å². The molecule has 1 heterocycles. The molecule has 0 aliphatic carbocycles. The van der Waals surface area contributed by atoms with Crippen molar-refractivity contribution in [3.05, 3.63) is 29.3 Å². The molecular formula is C11H15NO2. The summed E-state index contributed by atoms with van der Waals surface area (Å²) in [5, 5.41) is 9.56. The summed E-state index contributed by atoms with van der Waals surface area (Å²) in [6, 6.07) is 5.76. The van der Waals surface area contributed by atoms with Gasteiger partial charge in [0.05, 0.1) is 6.10 Å². The highest BCUT2D eigenvalue weighted by molar-refractivity contribution is 5.41. The number of aliphatic hydroxyl groups excluding tert-OH is 1. The molecule has 0 fully saturated rings. The normalized spacial score (nSPS) is 21.5. The van der Waals surface area contributed by atoms with Crippen molar-refractivity contribution in [1.29, 1.82) is 0 Å². The fourth-order valence-corrected chi connectivity index (χ4v) is 1.79. The molecule has 1 aromatic rings. The minimum absolute atomic E-state index is 0.246. The molecule has 1 unspecified atom stereocenters. The van der Waals surface area contributed by atoms with Crippen molar-refractivity contribution in [3.63, 3.8) is 0 Å². The Morgan fingerprint density at radius 1 is 1.64 bits per heavy atom. The zero-order valence-electron chi connectivity index (χ0n) is 8.23. The van der Waals surface area contributed by atoms with Gasteiger partial charge in [0.25, 0.3) is 0 Å². The summed E-state index contributed by atoms with van der Waals surface area (Å²) in [6.45, 7) is 2.30. The van der Waals surface area contributed by atoms with Crippen LogP contribution in [0.2, 0.25) is 0 Å². The molecule has 1 aliphatic heterocycles. The Hall–Kier alpha value is -1.06. The second-order valence-electron chi connectivity index (χ2n) is 3.75. The summed E-state index contributed by atoms with van der Waals surface area (Å²) >= 11 is 0. The molecule has 3 heteroatoms. The maximum absolute atomic E-state index is 9.56. The van der Waals surface area contributed by atoms with E-state index in [-0.39, 0.29) is 12.6 Å². The van der Waals surface area contributed by atoms with Crippen molar-refractivity contribution in [2.75, 3.05) is 6.54 Å². The summed E-state index contributed by atoms with van der Waals surface area (Å²) in [5.74, 6) is 0.936. The van der Waals surface area contributed by atoms with Crippen LogP contribution in [-0.4, -0.2) is 17.8 Å². The Bertz CT molecular complexity index is 338. The first-order valence-electron chi connectivity index (χ1n) is 4.88. The molecule has 3 N–H and O–H groups in total. The minimum atomic E-state index is -0.559. The average Bonchev–Trinajstić information content (AvgIpc) is 2.55. The smallest absolute Gasteiger partial charge is 0.123 e. The van der Waals surface area contributed by atoms with Gasteiger partial charge in [-0.3, -0.25) is 0 Å². The number of ether oxygens (including phenoxy) is 1. The van der Waals surface area contributed by atoms with Crippen LogP contribution in [0.15, 0.2) is 18.2 Å². The second kappa shape index (κ2) is 3.59. The fourth-order valence-electron chi connectivity index (χ4n) is 1.79. The topological polar surface area (TPSA) is 55.5 Å². The average molecular weight is 193 g/mol. The maximum atomic E-state index is 9.56. The molecular weight excluding hydrogens is 178 g/mol. The highest BCUT2D eigenvalue weighted by Crippen LogP contribution is 2.30. The van der Waals surface area contributed by atoms with Crippen LogP contribution in [0.25, 0.3) is 0 Å². The first-order valence-corrected chi connectivity index (χ1v) is 4.88. The Labute approximate surface area is 83.5 Å². The molecule has 14 heavy (non-hydrogen) atoms. The standard InChI is InChI=1S/C11H15NO2/c1-7-4-9-5-8(10(13)6-12)2-3-11(9)14-7/h2-3,5,7,10,13H,4,6,12H2,1H3/t7?,10-/m0/s1. The van der Waals surface area contributed by atoms with Gasteiger partial charge < -0.3 is 15.6 Å². The van der Waals surface area contributed by atoms with E-state index in [1.165, 1.54) is 5.56 Å². The van der Waals surface area contributed by atoms with Gasteiger partial charge in [0.15, 0.2) is 0 Å². The fraction of sp³-hybridized carbons (Fsp3) is 0.455. The molecule has 3 nitrogen and oxygen atoms in total. The Kier molecular flexibility index (Phi) is 2.44. The van der Waals surface area contributed by atoms with Crippen LogP contribution in [-0.2, 0) is 6.42 Å². The van der Waals surface area contributed by atoms with Gasteiger partial charge in [-0.25, -0.2) is 0 Å². The van der Waals surface area contributed by atoms with Crippen LogP contribution < -0.4 is 10.5 Å². The zero-order chi connectivity index (χ0) is 10.1. The van der Waals surface area contributed by atoms with Gasteiger partial charge in [-0.05, 0) is 30.2 Å². The van der Waals surface area contributed by atoms with Crippen LogP contribution in [0.4, 0.5) is 0 Å². The molecule has 1 aliphatic rings. The van der Waals surface area contributed by atoms with E-state index in [0.717, 1.165) is 17.7 Å². The van der Waals surface area contributed by atoms with Gasteiger partial charge in [0.2, 0.25) is 0 Å². The number of fused-ring (bicyclic) bond motifs is 1. The Morgan fingerprint density at radius 3 is 3.14 bits per heavy atom. The SMILES string of the molecule is CC1Cc2cc([C@@H](O)CN)ccc2O1. The van der Waals surface area contributed by atoms with Gasteiger partial charge in [-0.2, -0.15) is 0 Å². The van der Waals surface area contributed by atoms with E-state index < -0.39 is 6.10 Å². The number of aliphatic hydroxyl groups is 1. The lowest BCUT2D eigenvalue weighted by Crippen LogP contribution is -2.11. The number of hydrogen-bond donors (Lipinski definition) is 2. The van der Waals surface area contributed by atoms with E-state index in [1.54, 1.807) is 0 Å². The van der Waals surface area contributed by atoms with Crippen molar-refractivity contribution in [2.24, 2.45) is 5.73 Å². The third kappa shape index (κ3) is 1.61. The van der Waals surface area contributed by atoms with E-state index in [0.29, 0.717) is 0 Å². The summed E-state index contributed by atoms with van der Waals surface area (Å²) in [5.41, 5.74) is 7.44. The van der Waals surface area contributed by atoms with E-state index in [1.807, 2.05) is 25.1 Å². The highest BCUT2D eigenvalue weighted by Gasteiger charge is 2.19. The van der Waals surface area contributed by atoms with Crippen LogP contribution in [0.3, 0.4) is 0 Å². The molecule has 0 spiro atoms. The number of nitrogens with two attached hydrogens (primary N) is 1. The minimum Gasteiger partial charge on any atom is -0.490 e. The lowest BCUT2D eigenvalue weighted by atomic mass is 10.0. The van der Waals surface area contributed by atoms with Crippen LogP contribution in [0, 0.1) is 0 Å². The largest absolute Gasteiger partial charge is 0.490 e. The molecule has 0 radical (unpaired) electrons. The van der Waals surface area contributed by atoms with Crippen LogP contribution >= 0.6 is 0 Å². The predicted molar refractivity (Wildman–Crippen MR) is 54.3 cm³/mol. The summed E-state index contributed by atoms with van der Waals surface area (Å²) in [6.07, 6.45) is 0.604. The first-order chi connectivity index (χ1) is 6.70. The Morgan fingerprint density at radius 2 is 2.43 bits per heavy atom. The lowest BCUT2D eigenvalue weighted by molar-refractivity contribution is 0.186. The lowest BCUT2D eigenvalue weighted by Gasteiger charge is -2.08. The maximum Gasteiger partial charge on any atom is 0.123 e. The quantitative estimate of drug-likeness (QED) is 0.736. The molecule has 0 amide bonds. The Balaban J connectivity index is 2.28. The predicted octanol–water partition coefficient (Wildman–Crippen LogP) is 1.00. The summed E-state index contributed by atoms with van der Waals surface area (Å²) in [4.78, 5) is 0. The summed E-state index contributed by atoms with van der Waals surface area (Å²) < 4.78 is 5.56. The van der Waals surface area contributed by atoms with Crippen molar-refractivity contribution in [1.82, 2.24) is 0 Å². The molecule has 0 aromatic heterocycles. The van der Waals surface area contributed by atoms with Crippen molar-refractivity contribution < 1.29 is 9.84 Å². The van der Waals surface area contributed by atoms with E-state index >= 15 is 0 Å². The van der Waals surface area contributed by atoms with E-state index in [2.05, 4.69) is 0 Å². The molecule has 0 saturated carbocycles. The number of benzene rings is 1. The molecule has 2 atom stereocenters. The van der Waals surface area contributed by atoms with Crippen LogP contribution in [0.5, 0.6) is 5.75 Å². The van der Waals surface area contributed by atoms with Gasteiger partial charge >= 0.3 is 0 Å². The van der Waals surface area contributed by atoms with Gasteiger partial charge in [0, 0.05) is 13.0 Å². The third-order valence-corrected chi connectivity index (χ3v) is 2.53. The molecule has 0 bridgehead atoms. The molecule has 0 saturated heterocycles. The highest BCUT2D eigenvalue weighted by atomic mass is 16.5. The van der Waals surface area contributed by atoms with Gasteiger partial charge in [0.1, 0.15) is 11.9 Å². The van der Waals surface area contributed by atoms with Gasteiger partial charge in [-0.15, -0.1) is 0 Å². The van der Waals surface area contributed by atoms with Crippen LogP contribution in [0.1, 0.15) is 24.2 Å². The van der Waals surface area contributed by atoms with Crippen molar-refractivity contribution >= 4 is 0 Å². The monoisotopic (exact) mass is 193 g/mol. The van der Waals surface area contributed by atoms with E-state index in [4.69, 9.17) is 10.5 Å². The molecule has 1 aromatic carbocycles. The number of rotatable bonds is 2. The summed E-state index contributed by atoms with van der Waals surface area (Å²) in [7, 11) is 0. The molecule has 76 valence electrons. The number of hydrogen-bond acceptors (Lipinski definition) is 3. The first kappa shape index (κ1) is 9.49. The third-order valence-electron chi connectivity index (χ3n) is 2.53. The molecule has 2 rings (SSSR count). The zero-order valence-corrected chi connectivity index (χ0v) is 8.23.